The average Bonchev–Trinajstić information content (AvgIpc) is 2.77. The molecule has 0 spiro atoms. The zero-order valence-electron chi connectivity index (χ0n) is 17.0. The first-order valence-electron chi connectivity index (χ1n) is 9.16. The Balaban J connectivity index is 2.11. The van der Waals surface area contributed by atoms with Gasteiger partial charge in [-0.15, -0.1) is 0 Å². The number of ether oxygens (including phenoxy) is 1. The second kappa shape index (κ2) is 9.28. The lowest BCUT2D eigenvalue weighted by atomic mass is 10.1. The number of nitrogens with zero attached hydrogens (tertiary/aromatic N) is 4. The number of anilines is 1. The van der Waals surface area contributed by atoms with E-state index < -0.39 is 37.4 Å². The summed E-state index contributed by atoms with van der Waals surface area (Å²) in [5.74, 6) is -2.10. The minimum atomic E-state index is -3.98. The minimum absolute atomic E-state index is 0.0333. The van der Waals surface area contributed by atoms with Gasteiger partial charge in [0.05, 0.1) is 22.1 Å². The van der Waals surface area contributed by atoms with E-state index in [4.69, 9.17) is 15.7 Å². The third-order valence-electron chi connectivity index (χ3n) is 4.24. The van der Waals surface area contributed by atoms with Gasteiger partial charge in [-0.2, -0.15) is 15.2 Å². The summed E-state index contributed by atoms with van der Waals surface area (Å²) in [7, 11) is -3.98. The topological polar surface area (TPSA) is 191 Å². The van der Waals surface area contributed by atoms with E-state index in [1.54, 1.807) is 36.4 Å². The third kappa shape index (κ3) is 5.38. The maximum Gasteiger partial charge on any atom is 0.373 e. The first-order valence-corrected chi connectivity index (χ1v) is 11.1. The molecule has 0 bridgehead atoms. The lowest BCUT2D eigenvalue weighted by Gasteiger charge is -2.12. The maximum atomic E-state index is 12.1. The van der Waals surface area contributed by atoms with Gasteiger partial charge in [-0.05, 0) is 23.8 Å². The van der Waals surface area contributed by atoms with Crippen molar-refractivity contribution in [3.63, 3.8) is 0 Å². The molecule has 12 nitrogen and oxygen atoms in total. The number of hydrogen-bond acceptors (Lipinski definition) is 10. The number of amides is 1. The van der Waals surface area contributed by atoms with Gasteiger partial charge in [0, 0.05) is 12.8 Å². The van der Waals surface area contributed by atoms with Crippen molar-refractivity contribution in [1.82, 2.24) is 9.97 Å². The van der Waals surface area contributed by atoms with Crippen molar-refractivity contribution in [2.75, 3.05) is 11.6 Å². The Kier molecular flexibility index (Phi) is 6.50. The molecule has 0 atom stereocenters. The number of nitrogens with two attached hydrogens (primary N) is 1. The smallest absolute Gasteiger partial charge is 0.373 e. The van der Waals surface area contributed by atoms with Crippen molar-refractivity contribution < 1.29 is 22.9 Å². The molecule has 0 saturated carbocycles. The number of nitro groups is 1. The standard InChI is InChI=1S/C20H16N6O6S/c1-33(30,31)20-24-18(23-11-12-5-3-2-4-6-12)16(26(28)29)19(25-20)32-14-8-7-13(10-21)15(9-14)17(22)27/h2-9H,11H2,1H3,(H2,22,27)(H,23,24,25). The summed E-state index contributed by atoms with van der Waals surface area (Å²) in [4.78, 5) is 30.1. The zero-order valence-corrected chi connectivity index (χ0v) is 17.9. The van der Waals surface area contributed by atoms with Gasteiger partial charge in [0.2, 0.25) is 21.6 Å². The van der Waals surface area contributed by atoms with Crippen LogP contribution in [0, 0.1) is 21.4 Å². The number of hydrogen-bond donors (Lipinski definition) is 2. The number of benzene rings is 2. The largest absolute Gasteiger partial charge is 0.433 e. The van der Waals surface area contributed by atoms with Gasteiger partial charge in [-0.25, -0.2) is 8.42 Å². The molecule has 1 heterocycles. The third-order valence-corrected chi connectivity index (χ3v) is 5.09. The molecule has 1 amide bonds. The SMILES string of the molecule is CS(=O)(=O)c1nc(NCc2ccccc2)c([N+](=O)[O-])c(Oc2ccc(C#N)c(C(N)=O)c2)n1. The monoisotopic (exact) mass is 468 g/mol. The number of sulfone groups is 1. The summed E-state index contributed by atoms with van der Waals surface area (Å²) in [5.41, 5.74) is 5.08. The summed E-state index contributed by atoms with van der Waals surface area (Å²) in [6, 6.07) is 14.2. The number of carbonyl (C=O) groups is 1. The van der Waals surface area contributed by atoms with Crippen molar-refractivity contribution in [1.29, 1.82) is 5.26 Å². The molecule has 3 rings (SSSR count). The lowest BCUT2D eigenvalue weighted by molar-refractivity contribution is -0.385. The molecule has 1 aromatic heterocycles. The molecule has 0 radical (unpaired) electrons. The number of aromatic nitrogens is 2. The fourth-order valence-electron chi connectivity index (χ4n) is 2.72. The summed E-state index contributed by atoms with van der Waals surface area (Å²) >= 11 is 0. The van der Waals surface area contributed by atoms with Crippen molar-refractivity contribution in [2.24, 2.45) is 5.73 Å². The molecule has 2 aromatic carbocycles. The predicted octanol–water partition coefficient (Wildman–Crippen LogP) is 2.16. The molecule has 0 aliphatic rings. The fraction of sp³-hybridized carbons (Fsp3) is 0.100. The Bertz CT molecular complexity index is 1390. The molecule has 0 fully saturated rings. The molecule has 0 unspecified atom stereocenters. The molecule has 0 saturated heterocycles. The quantitative estimate of drug-likeness (QED) is 0.281. The molecule has 168 valence electrons. The van der Waals surface area contributed by atoms with Gasteiger partial charge in [-0.3, -0.25) is 14.9 Å². The summed E-state index contributed by atoms with van der Waals surface area (Å²) < 4.78 is 29.7. The highest BCUT2D eigenvalue weighted by Gasteiger charge is 2.30. The molecule has 33 heavy (non-hydrogen) atoms. The minimum Gasteiger partial charge on any atom is -0.433 e. The van der Waals surface area contributed by atoms with E-state index >= 15 is 0 Å². The van der Waals surface area contributed by atoms with Crippen LogP contribution in [0.4, 0.5) is 11.5 Å². The van der Waals surface area contributed by atoms with E-state index in [9.17, 15) is 23.3 Å². The Labute approximate surface area is 187 Å². The highest BCUT2D eigenvalue weighted by molar-refractivity contribution is 7.90. The van der Waals surface area contributed by atoms with Crippen LogP contribution in [0.2, 0.25) is 0 Å². The Morgan fingerprint density at radius 1 is 1.24 bits per heavy atom. The van der Waals surface area contributed by atoms with Crippen molar-refractivity contribution >= 4 is 27.2 Å². The summed E-state index contributed by atoms with van der Waals surface area (Å²) in [6.07, 6.45) is 0.839. The Hall–Kier alpha value is -4.57. The van der Waals surface area contributed by atoms with Crippen LogP contribution in [0.1, 0.15) is 21.5 Å². The van der Waals surface area contributed by atoms with Gasteiger partial charge in [0.15, 0.2) is 0 Å². The van der Waals surface area contributed by atoms with Crippen LogP contribution in [0.15, 0.2) is 53.7 Å². The lowest BCUT2D eigenvalue weighted by Crippen LogP contribution is -2.14. The van der Waals surface area contributed by atoms with E-state index in [1.165, 1.54) is 12.1 Å². The van der Waals surface area contributed by atoms with Crippen LogP contribution in [0.25, 0.3) is 0 Å². The van der Waals surface area contributed by atoms with Crippen molar-refractivity contribution in [3.05, 3.63) is 75.3 Å². The number of carbonyl (C=O) groups excluding carboxylic acids is 1. The van der Waals surface area contributed by atoms with Crippen molar-refractivity contribution in [3.8, 4) is 17.7 Å². The van der Waals surface area contributed by atoms with Crippen LogP contribution in [-0.4, -0.2) is 35.5 Å². The van der Waals surface area contributed by atoms with Crippen LogP contribution in [0.3, 0.4) is 0 Å². The van der Waals surface area contributed by atoms with Crippen molar-refractivity contribution in [2.45, 2.75) is 11.7 Å². The van der Waals surface area contributed by atoms with Gasteiger partial charge in [0.25, 0.3) is 5.16 Å². The van der Waals surface area contributed by atoms with Crippen LogP contribution < -0.4 is 15.8 Å². The number of nitrogens with one attached hydrogen (secondary N) is 1. The second-order valence-corrected chi connectivity index (χ2v) is 8.57. The van der Waals surface area contributed by atoms with Crippen LogP contribution >= 0.6 is 0 Å². The average molecular weight is 468 g/mol. The van der Waals surface area contributed by atoms with Gasteiger partial charge in [-0.1, -0.05) is 30.3 Å². The normalized spacial score (nSPS) is 10.8. The molecule has 13 heteroatoms. The van der Waals surface area contributed by atoms with Gasteiger partial charge < -0.3 is 15.8 Å². The fourth-order valence-corrected chi connectivity index (χ4v) is 3.23. The second-order valence-electron chi connectivity index (χ2n) is 6.66. The van der Waals surface area contributed by atoms with E-state index in [2.05, 4.69) is 15.3 Å². The molecular formula is C20H16N6O6S. The highest BCUT2D eigenvalue weighted by Crippen LogP contribution is 2.36. The Morgan fingerprint density at radius 2 is 1.94 bits per heavy atom. The van der Waals surface area contributed by atoms with E-state index in [0.29, 0.717) is 0 Å². The number of rotatable bonds is 8. The zero-order chi connectivity index (χ0) is 24.2. The molecular weight excluding hydrogens is 452 g/mol. The molecule has 0 aliphatic heterocycles. The maximum absolute atomic E-state index is 12.1. The number of primary amides is 1. The van der Waals surface area contributed by atoms with Gasteiger partial charge >= 0.3 is 11.6 Å². The summed E-state index contributed by atoms with van der Waals surface area (Å²) in [6.45, 7) is 0.101. The van der Waals surface area contributed by atoms with E-state index in [1.807, 2.05) is 0 Å². The highest BCUT2D eigenvalue weighted by atomic mass is 32.2. The number of nitriles is 1. The molecule has 0 aliphatic carbocycles. The Morgan fingerprint density at radius 3 is 2.52 bits per heavy atom. The van der Waals surface area contributed by atoms with Crippen LogP contribution in [-0.2, 0) is 16.4 Å². The molecule has 3 N–H and O–H groups in total. The summed E-state index contributed by atoms with van der Waals surface area (Å²) in [5, 5.41) is 23.0. The van der Waals surface area contributed by atoms with Crippen LogP contribution in [0.5, 0.6) is 11.6 Å². The van der Waals surface area contributed by atoms with Gasteiger partial charge in [0.1, 0.15) is 5.75 Å². The first kappa shape index (κ1) is 23.1. The first-order chi connectivity index (χ1) is 15.6. The predicted molar refractivity (Wildman–Crippen MR) is 115 cm³/mol. The molecule has 3 aromatic rings. The van der Waals surface area contributed by atoms with E-state index in [-0.39, 0.29) is 29.2 Å². The van der Waals surface area contributed by atoms with E-state index in [0.717, 1.165) is 17.9 Å².